The first-order chi connectivity index (χ1) is 8.75. The largest absolute Gasteiger partial charge is 0.396 e. The van der Waals surface area contributed by atoms with E-state index in [1.165, 1.54) is 12.3 Å². The molecule has 0 saturated carbocycles. The Morgan fingerprint density at radius 2 is 2.21 bits per heavy atom. The van der Waals surface area contributed by atoms with Gasteiger partial charge in [-0.2, -0.15) is 0 Å². The Morgan fingerprint density at radius 3 is 2.68 bits per heavy atom. The predicted molar refractivity (Wildman–Crippen MR) is 74.5 cm³/mol. The number of pyridine rings is 1. The van der Waals surface area contributed by atoms with E-state index in [1.54, 1.807) is 0 Å². The van der Waals surface area contributed by atoms with Gasteiger partial charge in [0, 0.05) is 24.9 Å². The number of hydrogen-bond donors (Lipinski definition) is 2. The second-order valence-electron chi connectivity index (χ2n) is 5.35. The van der Waals surface area contributed by atoms with Gasteiger partial charge >= 0.3 is 5.69 Å². The lowest BCUT2D eigenvalue weighted by molar-refractivity contribution is -0.384. The molecule has 1 aromatic heterocycles. The zero-order chi connectivity index (χ0) is 14.6. The molecular formula is C12H18ClN3O3. The maximum atomic E-state index is 11.0. The number of hydrogen-bond acceptors (Lipinski definition) is 5. The van der Waals surface area contributed by atoms with E-state index >= 15 is 0 Å². The van der Waals surface area contributed by atoms with Gasteiger partial charge in [-0.3, -0.25) is 10.1 Å². The molecular weight excluding hydrogens is 270 g/mol. The molecule has 1 unspecified atom stereocenters. The van der Waals surface area contributed by atoms with Gasteiger partial charge in [0.1, 0.15) is 0 Å². The topological polar surface area (TPSA) is 88.3 Å². The van der Waals surface area contributed by atoms with E-state index < -0.39 is 4.92 Å². The molecule has 2 N–H and O–H groups in total. The fourth-order valence-corrected chi connectivity index (χ4v) is 1.85. The molecule has 0 bridgehead atoms. The second kappa shape index (κ2) is 6.16. The van der Waals surface area contributed by atoms with E-state index in [4.69, 9.17) is 16.7 Å². The Morgan fingerprint density at radius 1 is 1.58 bits per heavy atom. The average molecular weight is 288 g/mol. The van der Waals surface area contributed by atoms with E-state index in [2.05, 4.69) is 10.3 Å². The molecule has 0 aliphatic heterocycles. The third-order valence-corrected chi connectivity index (χ3v) is 3.01. The lowest BCUT2D eigenvalue weighted by atomic mass is 9.85. The molecule has 1 rings (SSSR count). The van der Waals surface area contributed by atoms with Crippen molar-refractivity contribution < 1.29 is 10.0 Å². The molecule has 0 saturated heterocycles. The fraction of sp³-hybridized carbons (Fsp3) is 0.583. The van der Waals surface area contributed by atoms with Crippen molar-refractivity contribution in [1.82, 2.24) is 4.98 Å². The van der Waals surface area contributed by atoms with E-state index in [0.717, 1.165) is 0 Å². The van der Waals surface area contributed by atoms with Gasteiger partial charge in [-0.25, -0.2) is 4.98 Å². The number of nitrogens with one attached hydrogen (secondary N) is 1. The molecule has 0 radical (unpaired) electrons. The molecule has 0 aliphatic rings. The van der Waals surface area contributed by atoms with E-state index in [-0.39, 0.29) is 34.6 Å². The molecule has 19 heavy (non-hydrogen) atoms. The number of halogens is 1. The molecule has 0 spiro atoms. The van der Waals surface area contributed by atoms with Crippen LogP contribution in [0.2, 0.25) is 5.02 Å². The molecule has 0 aliphatic carbocycles. The summed E-state index contributed by atoms with van der Waals surface area (Å²) in [4.78, 5) is 14.4. The lowest BCUT2D eigenvalue weighted by Gasteiger charge is -2.31. The highest BCUT2D eigenvalue weighted by molar-refractivity contribution is 6.30. The van der Waals surface area contributed by atoms with Gasteiger partial charge in [-0.05, 0) is 11.8 Å². The average Bonchev–Trinajstić information content (AvgIpc) is 2.29. The van der Waals surface area contributed by atoms with Crippen molar-refractivity contribution in [2.75, 3.05) is 11.9 Å². The van der Waals surface area contributed by atoms with Gasteiger partial charge in [-0.1, -0.05) is 32.4 Å². The van der Waals surface area contributed by atoms with Gasteiger partial charge < -0.3 is 10.4 Å². The molecule has 0 aromatic carbocycles. The highest BCUT2D eigenvalue weighted by Gasteiger charge is 2.27. The van der Waals surface area contributed by atoms with Crippen LogP contribution in [0, 0.1) is 15.5 Å². The van der Waals surface area contributed by atoms with Crippen molar-refractivity contribution in [3.05, 3.63) is 27.4 Å². The summed E-state index contributed by atoms with van der Waals surface area (Å²) in [6, 6.07) is 1.13. The summed E-state index contributed by atoms with van der Waals surface area (Å²) in [7, 11) is 0. The van der Waals surface area contributed by atoms with E-state index in [0.29, 0.717) is 6.42 Å². The van der Waals surface area contributed by atoms with Crippen LogP contribution in [0.4, 0.5) is 11.5 Å². The number of nitro groups is 1. The predicted octanol–water partition coefficient (Wildman–Crippen LogP) is 2.85. The van der Waals surface area contributed by atoms with Crippen molar-refractivity contribution in [1.29, 1.82) is 0 Å². The third-order valence-electron chi connectivity index (χ3n) is 2.81. The standard InChI is InChI=1S/C12H18ClN3O3/c1-12(2,3)10(4-5-17)15-11-9(16(18)19)6-8(13)7-14-11/h6-7,10,17H,4-5H2,1-3H3,(H,14,15). The summed E-state index contributed by atoms with van der Waals surface area (Å²) in [6.07, 6.45) is 1.83. The third kappa shape index (κ3) is 4.33. The first-order valence-electron chi connectivity index (χ1n) is 5.93. The smallest absolute Gasteiger partial charge is 0.312 e. The summed E-state index contributed by atoms with van der Waals surface area (Å²) in [6.45, 7) is 5.96. The van der Waals surface area contributed by atoms with Gasteiger partial charge in [0.2, 0.25) is 5.82 Å². The van der Waals surface area contributed by atoms with Crippen molar-refractivity contribution >= 4 is 23.1 Å². The first-order valence-corrected chi connectivity index (χ1v) is 6.31. The van der Waals surface area contributed by atoms with Crippen LogP contribution in [0.15, 0.2) is 12.3 Å². The Bertz CT molecular complexity index is 460. The molecule has 1 heterocycles. The van der Waals surface area contributed by atoms with E-state index in [1.807, 2.05) is 20.8 Å². The van der Waals surface area contributed by atoms with Gasteiger partial charge in [-0.15, -0.1) is 0 Å². The van der Waals surface area contributed by atoms with Crippen LogP contribution >= 0.6 is 11.6 Å². The van der Waals surface area contributed by atoms with Gasteiger partial charge in [0.05, 0.1) is 9.95 Å². The summed E-state index contributed by atoms with van der Waals surface area (Å²) < 4.78 is 0. The number of rotatable bonds is 5. The van der Waals surface area contributed by atoms with Crippen molar-refractivity contribution in [2.24, 2.45) is 5.41 Å². The van der Waals surface area contributed by atoms with E-state index in [9.17, 15) is 10.1 Å². The van der Waals surface area contributed by atoms with Crippen molar-refractivity contribution in [2.45, 2.75) is 33.2 Å². The number of anilines is 1. The Balaban J connectivity index is 3.06. The highest BCUT2D eigenvalue weighted by Crippen LogP contribution is 2.30. The minimum absolute atomic E-state index is 0.00365. The van der Waals surface area contributed by atoms with Crippen molar-refractivity contribution in [3.8, 4) is 0 Å². The van der Waals surface area contributed by atoms with Crippen LogP contribution in [0.1, 0.15) is 27.2 Å². The minimum Gasteiger partial charge on any atom is -0.396 e. The molecule has 7 heteroatoms. The number of aromatic nitrogens is 1. The van der Waals surface area contributed by atoms with Gasteiger partial charge in [0.15, 0.2) is 0 Å². The quantitative estimate of drug-likeness (QED) is 0.642. The van der Waals surface area contributed by atoms with Crippen LogP contribution < -0.4 is 5.32 Å². The molecule has 1 atom stereocenters. The number of aliphatic hydroxyl groups excluding tert-OH is 1. The van der Waals surface area contributed by atoms with Crippen LogP contribution in [0.5, 0.6) is 0 Å². The number of aliphatic hydroxyl groups is 1. The summed E-state index contributed by atoms with van der Waals surface area (Å²) in [5.74, 6) is 0.169. The van der Waals surface area contributed by atoms with Crippen LogP contribution in [-0.2, 0) is 0 Å². The maximum absolute atomic E-state index is 11.0. The zero-order valence-corrected chi connectivity index (χ0v) is 11.9. The Hall–Kier alpha value is -1.40. The normalized spacial score (nSPS) is 13.1. The van der Waals surface area contributed by atoms with Crippen LogP contribution in [0.3, 0.4) is 0 Å². The van der Waals surface area contributed by atoms with Crippen LogP contribution in [0.25, 0.3) is 0 Å². The van der Waals surface area contributed by atoms with Gasteiger partial charge in [0.25, 0.3) is 0 Å². The zero-order valence-electron chi connectivity index (χ0n) is 11.2. The summed E-state index contributed by atoms with van der Waals surface area (Å²) in [5, 5.41) is 23.3. The Labute approximate surface area is 117 Å². The highest BCUT2D eigenvalue weighted by atomic mass is 35.5. The molecule has 6 nitrogen and oxygen atoms in total. The number of nitrogens with zero attached hydrogens (tertiary/aromatic N) is 2. The second-order valence-corrected chi connectivity index (χ2v) is 5.79. The molecule has 106 valence electrons. The molecule has 0 fully saturated rings. The minimum atomic E-state index is -0.528. The monoisotopic (exact) mass is 287 g/mol. The lowest BCUT2D eigenvalue weighted by Crippen LogP contribution is -2.35. The first kappa shape index (κ1) is 15.7. The molecule has 1 aromatic rings. The summed E-state index contributed by atoms with van der Waals surface area (Å²) >= 11 is 5.71. The maximum Gasteiger partial charge on any atom is 0.312 e. The molecule has 0 amide bonds. The SMILES string of the molecule is CC(C)(C)C(CCO)Nc1ncc(Cl)cc1[N+](=O)[O-]. The summed E-state index contributed by atoms with van der Waals surface area (Å²) in [5.41, 5.74) is -0.336. The Kier molecular flexibility index (Phi) is 5.08. The van der Waals surface area contributed by atoms with Crippen molar-refractivity contribution in [3.63, 3.8) is 0 Å². The fourth-order valence-electron chi connectivity index (χ4n) is 1.69. The van der Waals surface area contributed by atoms with Crippen LogP contribution in [-0.4, -0.2) is 27.7 Å².